The summed E-state index contributed by atoms with van der Waals surface area (Å²) in [6, 6.07) is 0. The van der Waals surface area contributed by atoms with Crippen molar-refractivity contribution >= 4 is 0 Å². The molecule has 1 fully saturated rings. The van der Waals surface area contributed by atoms with Crippen LogP contribution < -0.4 is 0 Å². The Bertz CT molecular complexity index is 433. The van der Waals surface area contributed by atoms with Crippen LogP contribution in [0.2, 0.25) is 0 Å². The predicted octanol–water partition coefficient (Wildman–Crippen LogP) is 5.32. The lowest BCUT2D eigenvalue weighted by Crippen LogP contribution is -2.86. The lowest BCUT2D eigenvalue weighted by Gasteiger charge is -2.57. The molecule has 11 heteroatoms. The van der Waals surface area contributed by atoms with Crippen molar-refractivity contribution in [2.75, 3.05) is 0 Å². The summed E-state index contributed by atoms with van der Waals surface area (Å²) in [6.07, 6.45) is -1.02. The van der Waals surface area contributed by atoms with E-state index in [4.69, 9.17) is 0 Å². The van der Waals surface area contributed by atoms with Crippen LogP contribution in [0.4, 0.5) is 48.3 Å². The minimum Gasteiger partial charge on any atom is -0.229 e. The second-order valence-electron chi connectivity index (χ2n) is 5.77. The lowest BCUT2D eigenvalue weighted by atomic mass is 9.60. The number of rotatable bonds is 2. The third kappa shape index (κ3) is 1.50. The fraction of sp³-hybridized carbons (Fsp3) is 1.00. The van der Waals surface area contributed by atoms with Gasteiger partial charge in [0.2, 0.25) is 0 Å². The molecule has 0 saturated heterocycles. The Balaban J connectivity index is 3.94. The van der Waals surface area contributed by atoms with Crippen LogP contribution >= 0.6 is 0 Å². The van der Waals surface area contributed by atoms with Crippen molar-refractivity contribution < 1.29 is 48.3 Å². The molecule has 0 unspecified atom stereocenters. The minimum atomic E-state index is -7.15. The van der Waals surface area contributed by atoms with E-state index in [2.05, 4.69) is 0 Å². The van der Waals surface area contributed by atoms with E-state index < -0.39 is 47.1 Å². The van der Waals surface area contributed by atoms with Gasteiger partial charge in [0.1, 0.15) is 0 Å². The maximum atomic E-state index is 14.4. The Morgan fingerprint density at radius 3 is 1.00 bits per heavy atom. The maximum Gasteiger partial charge on any atom is 0.384 e. The van der Waals surface area contributed by atoms with Crippen molar-refractivity contribution in [3.8, 4) is 0 Å². The maximum absolute atomic E-state index is 14.4. The Labute approximate surface area is 117 Å². The number of alkyl halides is 11. The zero-order valence-electron chi connectivity index (χ0n) is 11.4. The number of hydrogen-bond acceptors (Lipinski definition) is 0. The summed E-state index contributed by atoms with van der Waals surface area (Å²) in [7, 11) is 0. The minimum absolute atomic E-state index is 0.254. The van der Waals surface area contributed by atoms with E-state index >= 15 is 0 Å². The van der Waals surface area contributed by atoms with E-state index in [0.29, 0.717) is 0 Å². The highest BCUT2D eigenvalue weighted by atomic mass is 19.4. The highest BCUT2D eigenvalue weighted by molar-refractivity contribution is 5.29. The van der Waals surface area contributed by atoms with Crippen LogP contribution in [0.1, 0.15) is 27.2 Å². The molecule has 0 radical (unpaired) electrons. The second kappa shape index (κ2) is 4.19. The molecule has 0 N–H and O–H groups in total. The predicted molar refractivity (Wildman–Crippen MR) is 52.6 cm³/mol. The quantitative estimate of drug-likeness (QED) is 0.590. The molecule has 0 nitrogen and oxygen atoms in total. The molecular formula is C11H11F11. The first-order chi connectivity index (χ1) is 9.31. The van der Waals surface area contributed by atoms with E-state index in [1.807, 2.05) is 0 Å². The largest absolute Gasteiger partial charge is 0.384 e. The average molecular weight is 352 g/mol. The summed E-state index contributed by atoms with van der Waals surface area (Å²) in [6.45, 7) is 1.30. The molecule has 0 aliphatic heterocycles. The molecule has 1 aliphatic rings. The van der Waals surface area contributed by atoms with Crippen LogP contribution in [0, 0.1) is 5.41 Å². The first-order valence-corrected chi connectivity index (χ1v) is 5.89. The highest BCUT2D eigenvalue weighted by Crippen LogP contribution is 2.73. The van der Waals surface area contributed by atoms with Crippen LogP contribution in [-0.4, -0.2) is 35.3 Å². The highest BCUT2D eigenvalue weighted by Gasteiger charge is 3.02. The molecular weight excluding hydrogens is 341 g/mol. The van der Waals surface area contributed by atoms with Crippen molar-refractivity contribution in [1.82, 2.24) is 0 Å². The third-order valence-corrected chi connectivity index (χ3v) is 4.26. The summed E-state index contributed by atoms with van der Waals surface area (Å²) in [5, 5.41) is 0. The first kappa shape index (κ1) is 19.3. The monoisotopic (exact) mass is 352 g/mol. The second-order valence-corrected chi connectivity index (χ2v) is 5.77. The van der Waals surface area contributed by atoms with Crippen molar-refractivity contribution in [2.45, 2.75) is 62.5 Å². The molecule has 0 aromatic heterocycles. The summed E-state index contributed by atoms with van der Waals surface area (Å²) < 4.78 is 148. The van der Waals surface area contributed by atoms with Gasteiger partial charge in [-0.05, 0) is 6.42 Å². The van der Waals surface area contributed by atoms with Crippen LogP contribution in [0.5, 0.6) is 0 Å². The van der Waals surface area contributed by atoms with Gasteiger partial charge >= 0.3 is 29.6 Å². The van der Waals surface area contributed by atoms with Gasteiger partial charge in [0.15, 0.2) is 0 Å². The van der Waals surface area contributed by atoms with Crippen molar-refractivity contribution in [1.29, 1.82) is 0 Å². The Morgan fingerprint density at radius 1 is 0.545 bits per heavy atom. The molecule has 1 saturated carbocycles. The summed E-state index contributed by atoms with van der Waals surface area (Å²) in [5.74, 6) is -34.7. The summed E-state index contributed by atoms with van der Waals surface area (Å²) in [5.41, 5.74) is -9.07. The fourth-order valence-corrected chi connectivity index (χ4v) is 2.31. The third-order valence-electron chi connectivity index (χ3n) is 4.26. The van der Waals surface area contributed by atoms with Gasteiger partial charge in [0.25, 0.3) is 5.67 Å². The van der Waals surface area contributed by atoms with Crippen molar-refractivity contribution in [2.24, 2.45) is 5.41 Å². The van der Waals surface area contributed by atoms with Gasteiger partial charge in [-0.25, -0.2) is 4.39 Å². The Kier molecular flexibility index (Phi) is 3.68. The molecule has 0 bridgehead atoms. The van der Waals surface area contributed by atoms with E-state index in [-0.39, 0.29) is 13.8 Å². The van der Waals surface area contributed by atoms with E-state index in [9.17, 15) is 48.3 Å². The topological polar surface area (TPSA) is 0 Å². The average Bonchev–Trinajstić information content (AvgIpc) is 2.34. The normalized spacial score (nSPS) is 30.8. The van der Waals surface area contributed by atoms with E-state index in [0.717, 1.165) is 6.92 Å². The van der Waals surface area contributed by atoms with E-state index in [1.165, 1.54) is 0 Å². The molecule has 0 amide bonds. The molecule has 1 rings (SSSR count). The molecule has 0 heterocycles. The Morgan fingerprint density at radius 2 is 0.773 bits per heavy atom. The fourth-order valence-electron chi connectivity index (χ4n) is 2.31. The molecule has 0 aromatic rings. The van der Waals surface area contributed by atoms with Gasteiger partial charge < -0.3 is 0 Å². The van der Waals surface area contributed by atoms with Gasteiger partial charge in [0, 0.05) is 5.41 Å². The van der Waals surface area contributed by atoms with Crippen LogP contribution in [0.25, 0.3) is 0 Å². The van der Waals surface area contributed by atoms with Crippen LogP contribution in [0.3, 0.4) is 0 Å². The SMILES string of the molecule is CCC(C)(C)C1(F)C(F)(F)C(F)(F)C(F)(F)C(F)(F)C1(F)F. The zero-order chi connectivity index (χ0) is 18.2. The summed E-state index contributed by atoms with van der Waals surface area (Å²) in [4.78, 5) is 0. The van der Waals surface area contributed by atoms with E-state index in [1.54, 1.807) is 0 Å². The smallest absolute Gasteiger partial charge is 0.229 e. The van der Waals surface area contributed by atoms with Crippen molar-refractivity contribution in [3.63, 3.8) is 0 Å². The van der Waals surface area contributed by atoms with Gasteiger partial charge in [0.05, 0.1) is 0 Å². The standard InChI is InChI=1S/C11H11F11/c1-4-5(2,3)6(12)7(13,14)9(17,18)11(21,22)10(19,20)8(6,15)16/h4H2,1-3H3. The van der Waals surface area contributed by atoms with Gasteiger partial charge in [-0.2, -0.15) is 43.9 Å². The summed E-state index contributed by atoms with van der Waals surface area (Å²) >= 11 is 0. The van der Waals surface area contributed by atoms with Gasteiger partial charge in [-0.15, -0.1) is 0 Å². The van der Waals surface area contributed by atoms with Crippen LogP contribution in [0.15, 0.2) is 0 Å². The van der Waals surface area contributed by atoms with Gasteiger partial charge in [-0.3, -0.25) is 0 Å². The number of hydrogen-bond donors (Lipinski definition) is 0. The van der Waals surface area contributed by atoms with Gasteiger partial charge in [-0.1, -0.05) is 20.8 Å². The molecule has 0 atom stereocenters. The lowest BCUT2D eigenvalue weighted by molar-refractivity contribution is -0.497. The first-order valence-electron chi connectivity index (χ1n) is 5.89. The Hall–Kier alpha value is -0.770. The molecule has 22 heavy (non-hydrogen) atoms. The molecule has 132 valence electrons. The molecule has 0 aromatic carbocycles. The molecule has 1 aliphatic carbocycles. The zero-order valence-corrected chi connectivity index (χ0v) is 11.4. The van der Waals surface area contributed by atoms with Crippen LogP contribution in [-0.2, 0) is 0 Å². The number of halogens is 11. The van der Waals surface area contributed by atoms with Crippen molar-refractivity contribution in [3.05, 3.63) is 0 Å². The molecule has 0 spiro atoms.